The number of carbonyl (C=O) groups excluding carboxylic acids is 1. The standard InChI is InChI=1S/C10H19NO.C2H6.CH5N/c1-3-4-10-5-7-11(8-6-10)9(2)12;2*1-2/h10H,3-8H2,1-2H3;1-2H3;2H2,1H3. The van der Waals surface area contributed by atoms with Gasteiger partial charge in [-0.15, -0.1) is 0 Å². The van der Waals surface area contributed by atoms with E-state index in [9.17, 15) is 4.79 Å². The van der Waals surface area contributed by atoms with Gasteiger partial charge in [0.1, 0.15) is 0 Å². The molecule has 0 radical (unpaired) electrons. The lowest BCUT2D eigenvalue weighted by atomic mass is 9.92. The maximum atomic E-state index is 11.0. The van der Waals surface area contributed by atoms with E-state index in [2.05, 4.69) is 12.7 Å². The third kappa shape index (κ3) is 7.69. The Bertz CT molecular complexity index is 152. The van der Waals surface area contributed by atoms with Crippen molar-refractivity contribution in [2.45, 2.75) is 53.4 Å². The van der Waals surface area contributed by atoms with Crippen molar-refractivity contribution in [3.8, 4) is 0 Å². The number of likely N-dealkylation sites (tertiary alicyclic amines) is 1. The van der Waals surface area contributed by atoms with E-state index in [1.165, 1.54) is 32.7 Å². The summed E-state index contributed by atoms with van der Waals surface area (Å²) in [4.78, 5) is 13.0. The van der Waals surface area contributed by atoms with Gasteiger partial charge in [-0.2, -0.15) is 0 Å². The third-order valence-corrected chi connectivity index (χ3v) is 2.76. The Labute approximate surface area is 101 Å². The average molecular weight is 230 g/mol. The zero-order valence-electron chi connectivity index (χ0n) is 11.8. The molecule has 16 heavy (non-hydrogen) atoms. The average Bonchev–Trinajstić information content (AvgIpc) is 2.35. The maximum absolute atomic E-state index is 11.0. The van der Waals surface area contributed by atoms with Gasteiger partial charge in [-0.3, -0.25) is 4.79 Å². The molecule has 0 spiro atoms. The van der Waals surface area contributed by atoms with Crippen LogP contribution in [0.5, 0.6) is 0 Å². The molecule has 1 rings (SSSR count). The van der Waals surface area contributed by atoms with E-state index in [4.69, 9.17) is 0 Å². The van der Waals surface area contributed by atoms with Crippen molar-refractivity contribution in [2.24, 2.45) is 11.7 Å². The molecular weight excluding hydrogens is 200 g/mol. The number of piperidine rings is 1. The topological polar surface area (TPSA) is 46.3 Å². The molecule has 1 amide bonds. The minimum Gasteiger partial charge on any atom is -0.343 e. The summed E-state index contributed by atoms with van der Waals surface area (Å²) in [5, 5.41) is 0. The van der Waals surface area contributed by atoms with Crippen molar-refractivity contribution >= 4 is 5.91 Å². The maximum Gasteiger partial charge on any atom is 0.219 e. The Morgan fingerprint density at radius 1 is 1.25 bits per heavy atom. The molecule has 0 aromatic carbocycles. The van der Waals surface area contributed by atoms with Crippen LogP contribution in [0.3, 0.4) is 0 Å². The molecule has 2 N–H and O–H groups in total. The second-order valence-corrected chi connectivity index (χ2v) is 3.74. The van der Waals surface area contributed by atoms with Crippen molar-refractivity contribution in [3.05, 3.63) is 0 Å². The molecule has 0 aliphatic carbocycles. The van der Waals surface area contributed by atoms with Crippen molar-refractivity contribution in [2.75, 3.05) is 20.1 Å². The minimum absolute atomic E-state index is 0.241. The van der Waals surface area contributed by atoms with Crippen LogP contribution in [0, 0.1) is 5.92 Å². The molecule has 1 fully saturated rings. The van der Waals surface area contributed by atoms with E-state index in [1.54, 1.807) is 6.92 Å². The summed E-state index contributed by atoms with van der Waals surface area (Å²) in [6.45, 7) is 9.87. The number of hydrogen-bond acceptors (Lipinski definition) is 2. The fraction of sp³-hybridized carbons (Fsp3) is 0.923. The van der Waals surface area contributed by atoms with Crippen LogP contribution in [0.25, 0.3) is 0 Å². The lowest BCUT2D eigenvalue weighted by Crippen LogP contribution is -2.36. The van der Waals surface area contributed by atoms with E-state index in [1.807, 2.05) is 18.7 Å². The van der Waals surface area contributed by atoms with Crippen LogP contribution < -0.4 is 5.73 Å². The molecule has 1 aliphatic heterocycles. The molecule has 3 nitrogen and oxygen atoms in total. The van der Waals surface area contributed by atoms with Crippen LogP contribution >= 0.6 is 0 Å². The summed E-state index contributed by atoms with van der Waals surface area (Å²) in [5.74, 6) is 1.12. The smallest absolute Gasteiger partial charge is 0.219 e. The zero-order valence-corrected chi connectivity index (χ0v) is 11.8. The first-order valence-corrected chi connectivity index (χ1v) is 6.57. The molecule has 1 aliphatic rings. The fourth-order valence-corrected chi connectivity index (χ4v) is 1.94. The van der Waals surface area contributed by atoms with Gasteiger partial charge in [0.2, 0.25) is 5.91 Å². The Morgan fingerprint density at radius 3 is 2.00 bits per heavy atom. The lowest BCUT2D eigenvalue weighted by molar-refractivity contribution is -0.130. The van der Waals surface area contributed by atoms with Gasteiger partial charge < -0.3 is 10.6 Å². The SMILES string of the molecule is CC.CCCC1CCN(C(C)=O)CC1.CN. The molecule has 0 aromatic heterocycles. The monoisotopic (exact) mass is 230 g/mol. The summed E-state index contributed by atoms with van der Waals surface area (Å²) in [7, 11) is 1.50. The molecule has 0 unspecified atom stereocenters. The van der Waals surface area contributed by atoms with Gasteiger partial charge in [-0.1, -0.05) is 33.6 Å². The Balaban J connectivity index is 0. The van der Waals surface area contributed by atoms with Crippen molar-refractivity contribution in [3.63, 3.8) is 0 Å². The Kier molecular flexibility index (Phi) is 13.9. The van der Waals surface area contributed by atoms with Crippen molar-refractivity contribution in [1.82, 2.24) is 4.90 Å². The van der Waals surface area contributed by atoms with E-state index >= 15 is 0 Å². The molecule has 0 atom stereocenters. The molecule has 98 valence electrons. The molecule has 0 aromatic rings. The fourth-order valence-electron chi connectivity index (χ4n) is 1.94. The first-order chi connectivity index (χ1) is 7.74. The number of nitrogens with two attached hydrogens (primary N) is 1. The first-order valence-electron chi connectivity index (χ1n) is 6.57. The predicted molar refractivity (Wildman–Crippen MR) is 71.3 cm³/mol. The van der Waals surface area contributed by atoms with E-state index in [0.717, 1.165) is 19.0 Å². The third-order valence-electron chi connectivity index (χ3n) is 2.76. The lowest BCUT2D eigenvalue weighted by Gasteiger charge is -2.31. The normalized spacial score (nSPS) is 15.5. The van der Waals surface area contributed by atoms with E-state index < -0.39 is 0 Å². The van der Waals surface area contributed by atoms with Crippen LogP contribution in [0.4, 0.5) is 0 Å². The van der Waals surface area contributed by atoms with Crippen LogP contribution in [-0.4, -0.2) is 30.9 Å². The highest BCUT2D eigenvalue weighted by Gasteiger charge is 2.19. The highest BCUT2D eigenvalue weighted by Crippen LogP contribution is 2.21. The van der Waals surface area contributed by atoms with Crippen LogP contribution in [-0.2, 0) is 4.79 Å². The van der Waals surface area contributed by atoms with Gasteiger partial charge in [-0.25, -0.2) is 0 Å². The predicted octanol–water partition coefficient (Wildman–Crippen LogP) is 2.65. The first kappa shape index (κ1) is 17.8. The second-order valence-electron chi connectivity index (χ2n) is 3.74. The van der Waals surface area contributed by atoms with Gasteiger partial charge in [0.05, 0.1) is 0 Å². The van der Waals surface area contributed by atoms with Crippen molar-refractivity contribution < 1.29 is 4.79 Å². The molecule has 1 heterocycles. The molecule has 0 bridgehead atoms. The summed E-state index contributed by atoms with van der Waals surface area (Å²) >= 11 is 0. The number of rotatable bonds is 2. The zero-order chi connectivity index (χ0) is 13.0. The summed E-state index contributed by atoms with van der Waals surface area (Å²) < 4.78 is 0. The van der Waals surface area contributed by atoms with Crippen LogP contribution in [0.15, 0.2) is 0 Å². The molecule has 1 saturated heterocycles. The molecule has 0 saturated carbocycles. The number of nitrogens with zero attached hydrogens (tertiary/aromatic N) is 1. The van der Waals surface area contributed by atoms with Gasteiger partial charge in [0.15, 0.2) is 0 Å². The highest BCUT2D eigenvalue weighted by molar-refractivity contribution is 5.73. The number of carbonyl (C=O) groups is 1. The number of amides is 1. The molecule has 3 heteroatoms. The van der Waals surface area contributed by atoms with Gasteiger partial charge in [-0.05, 0) is 25.8 Å². The second kappa shape index (κ2) is 12.5. The molecular formula is C13H30N2O. The van der Waals surface area contributed by atoms with Crippen LogP contribution in [0.1, 0.15) is 53.4 Å². The summed E-state index contributed by atoms with van der Waals surface area (Å²) in [6.07, 6.45) is 5.05. The Morgan fingerprint density at radius 2 is 1.69 bits per heavy atom. The number of hydrogen-bond donors (Lipinski definition) is 1. The summed E-state index contributed by atoms with van der Waals surface area (Å²) in [5.41, 5.74) is 4.50. The van der Waals surface area contributed by atoms with E-state index in [-0.39, 0.29) is 5.91 Å². The Hall–Kier alpha value is -0.570. The van der Waals surface area contributed by atoms with Crippen LogP contribution in [0.2, 0.25) is 0 Å². The quantitative estimate of drug-likeness (QED) is 0.792. The minimum atomic E-state index is 0.241. The van der Waals surface area contributed by atoms with E-state index in [0.29, 0.717) is 0 Å². The summed E-state index contributed by atoms with van der Waals surface area (Å²) in [6, 6.07) is 0. The van der Waals surface area contributed by atoms with Gasteiger partial charge >= 0.3 is 0 Å². The highest BCUT2D eigenvalue weighted by atomic mass is 16.2. The van der Waals surface area contributed by atoms with Crippen molar-refractivity contribution in [1.29, 1.82) is 0 Å². The largest absolute Gasteiger partial charge is 0.343 e. The van der Waals surface area contributed by atoms with Gasteiger partial charge in [0.25, 0.3) is 0 Å². The van der Waals surface area contributed by atoms with Gasteiger partial charge in [0, 0.05) is 20.0 Å².